The second-order valence-electron chi connectivity index (χ2n) is 10.0. The van der Waals surface area contributed by atoms with Crippen LogP contribution >= 0.6 is 0 Å². The van der Waals surface area contributed by atoms with Gasteiger partial charge in [0.15, 0.2) is 0 Å². The summed E-state index contributed by atoms with van der Waals surface area (Å²) in [5, 5.41) is 12.9. The molecule has 1 saturated heterocycles. The van der Waals surface area contributed by atoms with Crippen LogP contribution in [0.15, 0.2) is 23.1 Å². The number of sulfonamides is 1. The van der Waals surface area contributed by atoms with E-state index >= 15 is 0 Å². The van der Waals surface area contributed by atoms with Crippen molar-refractivity contribution in [1.29, 1.82) is 0 Å². The van der Waals surface area contributed by atoms with Crippen LogP contribution in [-0.2, 0) is 14.8 Å². The highest BCUT2D eigenvalue weighted by molar-refractivity contribution is 7.89. The first-order chi connectivity index (χ1) is 16.1. The Balaban J connectivity index is 1.37. The Bertz CT molecular complexity index is 993. The molecule has 2 aliphatic carbocycles. The average molecular weight is 501 g/mol. The number of nitrogens with one attached hydrogen (secondary N) is 1. The molecule has 10 heteroatoms. The zero-order chi connectivity index (χ0) is 24.5. The quantitative estimate of drug-likeness (QED) is 0.536. The first-order valence-corrected chi connectivity index (χ1v) is 13.6. The summed E-state index contributed by atoms with van der Waals surface area (Å²) in [6.07, 6.45) is 3.64. The molecule has 1 aromatic rings. The molecule has 0 radical (unpaired) electrons. The minimum absolute atomic E-state index is 0.00313. The van der Waals surface area contributed by atoms with Crippen LogP contribution in [0.4, 0.5) is 8.78 Å². The summed E-state index contributed by atoms with van der Waals surface area (Å²) in [6, 6.07) is 3.94. The first kappa shape index (κ1) is 25.3. The van der Waals surface area contributed by atoms with Crippen LogP contribution in [0.25, 0.3) is 0 Å². The van der Waals surface area contributed by atoms with E-state index < -0.39 is 28.0 Å². The van der Waals surface area contributed by atoms with E-state index in [1.54, 1.807) is 12.1 Å². The maximum absolute atomic E-state index is 13.4. The van der Waals surface area contributed by atoms with Gasteiger partial charge in [0.2, 0.25) is 15.9 Å². The molecule has 0 unspecified atom stereocenters. The topological polar surface area (TPSA) is 95.9 Å². The van der Waals surface area contributed by atoms with Crippen LogP contribution in [0, 0.1) is 18.8 Å². The van der Waals surface area contributed by atoms with Crippen molar-refractivity contribution >= 4 is 16.0 Å². The Morgan fingerprint density at radius 2 is 1.88 bits per heavy atom. The monoisotopic (exact) mass is 500 g/mol. The summed E-state index contributed by atoms with van der Waals surface area (Å²) in [4.78, 5) is 11.6. The van der Waals surface area contributed by atoms with Gasteiger partial charge in [-0.3, -0.25) is 4.79 Å². The molecule has 0 amide bonds. The van der Waals surface area contributed by atoms with Crippen LogP contribution in [0.3, 0.4) is 0 Å². The van der Waals surface area contributed by atoms with Crippen LogP contribution in [0.5, 0.6) is 5.75 Å². The number of aryl methyl sites for hydroxylation is 1. The van der Waals surface area contributed by atoms with Gasteiger partial charge in [0.05, 0.1) is 6.61 Å². The number of halogens is 2. The normalized spacial score (nSPS) is 27.9. The number of nitrogens with zero attached hydrogens (tertiary/aromatic N) is 1. The van der Waals surface area contributed by atoms with E-state index in [0.29, 0.717) is 38.2 Å². The second-order valence-corrected chi connectivity index (χ2v) is 11.9. The third kappa shape index (κ3) is 5.54. The standard InChI is InChI=1S/C24H34F2N2O5S/c1-16-4-7-22(34(31,32)28-12-2-3-20(28)23(29)30)21(13-16)33-15-18-6-5-17(18)14-27-19-8-10-24(25,26)11-9-19/h4,7,13,17-20,27H,2-3,5-6,8-12,14-15H2,1H3,(H,29,30)/t17-,18+,20+/m1/s1. The minimum atomic E-state index is -4.01. The first-order valence-electron chi connectivity index (χ1n) is 12.2. The Labute approximate surface area is 199 Å². The lowest BCUT2D eigenvalue weighted by Crippen LogP contribution is -2.44. The highest BCUT2D eigenvalue weighted by Crippen LogP contribution is 2.38. The van der Waals surface area contributed by atoms with Crippen LogP contribution < -0.4 is 10.1 Å². The predicted octanol–water partition coefficient (Wildman–Crippen LogP) is 3.81. The van der Waals surface area contributed by atoms with Gasteiger partial charge in [-0.25, -0.2) is 17.2 Å². The Morgan fingerprint density at radius 3 is 2.53 bits per heavy atom. The fraction of sp³-hybridized carbons (Fsp3) is 0.708. The van der Waals surface area contributed by atoms with Gasteiger partial charge < -0.3 is 15.2 Å². The van der Waals surface area contributed by atoms with Crippen LogP contribution in [0.2, 0.25) is 0 Å². The van der Waals surface area contributed by atoms with Gasteiger partial charge in [-0.05, 0) is 81.5 Å². The number of benzene rings is 1. The van der Waals surface area contributed by atoms with E-state index in [-0.39, 0.29) is 42.0 Å². The third-order valence-corrected chi connectivity index (χ3v) is 9.54. The molecule has 3 aliphatic rings. The number of alkyl halides is 2. The maximum Gasteiger partial charge on any atom is 0.322 e. The Hall–Kier alpha value is -1.78. The lowest BCUT2D eigenvalue weighted by molar-refractivity contribution is -0.140. The van der Waals surface area contributed by atoms with E-state index in [1.165, 1.54) is 6.07 Å². The number of ether oxygens (including phenoxy) is 1. The van der Waals surface area contributed by atoms with Crippen LogP contribution in [0.1, 0.15) is 56.9 Å². The molecule has 1 heterocycles. The number of carboxylic acids is 1. The molecule has 2 N–H and O–H groups in total. The lowest BCUT2D eigenvalue weighted by Gasteiger charge is -2.38. The molecule has 7 nitrogen and oxygen atoms in total. The van der Waals surface area contributed by atoms with Gasteiger partial charge in [-0.1, -0.05) is 6.07 Å². The molecular formula is C24H34F2N2O5S. The van der Waals surface area contributed by atoms with Crippen molar-refractivity contribution in [1.82, 2.24) is 9.62 Å². The fourth-order valence-electron chi connectivity index (χ4n) is 5.23. The highest BCUT2D eigenvalue weighted by Gasteiger charge is 2.41. The van der Waals surface area contributed by atoms with E-state index in [4.69, 9.17) is 4.74 Å². The average Bonchev–Trinajstić information content (AvgIpc) is 3.26. The molecule has 0 aromatic heterocycles. The van der Waals surface area contributed by atoms with Gasteiger partial charge in [-0.2, -0.15) is 4.31 Å². The fourth-order valence-corrected chi connectivity index (χ4v) is 6.99. The van der Waals surface area contributed by atoms with E-state index in [2.05, 4.69) is 5.32 Å². The summed E-state index contributed by atoms with van der Waals surface area (Å²) >= 11 is 0. The molecule has 2 saturated carbocycles. The number of rotatable bonds is 9. The number of aliphatic carboxylic acids is 1. The van der Waals surface area contributed by atoms with Gasteiger partial charge >= 0.3 is 5.97 Å². The molecule has 1 aromatic carbocycles. The van der Waals surface area contributed by atoms with Gasteiger partial charge in [0, 0.05) is 25.4 Å². The minimum Gasteiger partial charge on any atom is -0.492 e. The molecule has 0 bridgehead atoms. The zero-order valence-electron chi connectivity index (χ0n) is 19.5. The van der Waals surface area contributed by atoms with Gasteiger partial charge in [0.25, 0.3) is 0 Å². The van der Waals surface area contributed by atoms with Crippen molar-refractivity contribution in [2.24, 2.45) is 11.8 Å². The molecule has 0 spiro atoms. The molecule has 3 atom stereocenters. The van der Waals surface area contributed by atoms with E-state index in [1.807, 2.05) is 6.92 Å². The zero-order valence-corrected chi connectivity index (χ0v) is 20.3. The molecular weight excluding hydrogens is 466 g/mol. The van der Waals surface area contributed by atoms with Crippen molar-refractivity contribution < 1.29 is 31.8 Å². The predicted molar refractivity (Wildman–Crippen MR) is 123 cm³/mol. The van der Waals surface area contributed by atoms with Gasteiger partial charge in [-0.15, -0.1) is 0 Å². The van der Waals surface area contributed by atoms with Crippen molar-refractivity contribution in [2.45, 2.75) is 81.2 Å². The number of hydrogen-bond donors (Lipinski definition) is 2. The van der Waals surface area contributed by atoms with Crippen molar-refractivity contribution in [3.8, 4) is 5.75 Å². The van der Waals surface area contributed by atoms with Crippen molar-refractivity contribution in [3.05, 3.63) is 23.8 Å². The molecule has 4 rings (SSSR count). The summed E-state index contributed by atoms with van der Waals surface area (Å²) in [6.45, 7) is 3.14. The summed E-state index contributed by atoms with van der Waals surface area (Å²) in [7, 11) is -4.01. The number of carbonyl (C=O) groups is 1. The van der Waals surface area contributed by atoms with Crippen molar-refractivity contribution in [2.75, 3.05) is 19.7 Å². The number of carboxylic acid groups (broad SMARTS) is 1. The van der Waals surface area contributed by atoms with Crippen LogP contribution in [-0.4, -0.2) is 61.5 Å². The Kier molecular flexibility index (Phi) is 7.50. The smallest absolute Gasteiger partial charge is 0.322 e. The molecule has 3 fully saturated rings. The molecule has 1 aliphatic heterocycles. The summed E-state index contributed by atoms with van der Waals surface area (Å²) in [5.41, 5.74) is 0.853. The largest absolute Gasteiger partial charge is 0.492 e. The van der Waals surface area contributed by atoms with Crippen molar-refractivity contribution in [3.63, 3.8) is 0 Å². The third-order valence-electron chi connectivity index (χ3n) is 7.59. The van der Waals surface area contributed by atoms with Gasteiger partial charge in [0.1, 0.15) is 16.7 Å². The lowest BCUT2D eigenvalue weighted by atomic mass is 9.74. The van der Waals surface area contributed by atoms with E-state index in [9.17, 15) is 27.1 Å². The summed E-state index contributed by atoms with van der Waals surface area (Å²) in [5.74, 6) is -2.79. The summed E-state index contributed by atoms with van der Waals surface area (Å²) < 4.78 is 60.5. The molecule has 34 heavy (non-hydrogen) atoms. The highest BCUT2D eigenvalue weighted by atomic mass is 32.2. The second kappa shape index (κ2) is 10.1. The van der Waals surface area contributed by atoms with E-state index in [0.717, 1.165) is 29.3 Å². The maximum atomic E-state index is 13.4. The molecule has 190 valence electrons. The number of hydrogen-bond acceptors (Lipinski definition) is 5. The Morgan fingerprint density at radius 1 is 1.18 bits per heavy atom. The SMILES string of the molecule is Cc1ccc(S(=O)(=O)N2CCC[C@H]2C(=O)O)c(OC[C@@H]2CC[C@@H]2CNC2CCC(F)(F)CC2)c1.